The first-order chi connectivity index (χ1) is 5.75. The summed E-state index contributed by atoms with van der Waals surface area (Å²) in [6, 6.07) is 2.54. The molecule has 2 heteroatoms. The smallest absolute Gasteiger partial charge is 0.100 e. The minimum atomic E-state index is 0.144. The molecule has 0 radical (unpaired) electrons. The second kappa shape index (κ2) is 4.47. The Kier molecular flexibility index (Phi) is 3.55. The van der Waals surface area contributed by atoms with Gasteiger partial charge in [0.1, 0.15) is 6.04 Å². The molecule has 0 aromatic rings. The van der Waals surface area contributed by atoms with Crippen LogP contribution in [0.15, 0.2) is 0 Å². The molecule has 0 N–H and O–H groups in total. The average Bonchev–Trinajstić information content (AvgIpc) is 2.07. The van der Waals surface area contributed by atoms with Crippen LogP contribution in [0.1, 0.15) is 32.1 Å². The maximum absolute atomic E-state index is 8.96. The summed E-state index contributed by atoms with van der Waals surface area (Å²) in [6.45, 7) is 0. The van der Waals surface area contributed by atoms with E-state index in [1.165, 1.54) is 32.1 Å². The van der Waals surface area contributed by atoms with Crippen molar-refractivity contribution in [3.63, 3.8) is 0 Å². The molecule has 1 fully saturated rings. The molecule has 2 nitrogen and oxygen atoms in total. The highest BCUT2D eigenvalue weighted by Gasteiger charge is 2.24. The van der Waals surface area contributed by atoms with Crippen LogP contribution in [-0.2, 0) is 0 Å². The SMILES string of the molecule is CN(C)C(C#N)C1CCCCC1. The zero-order valence-corrected chi connectivity index (χ0v) is 8.08. The van der Waals surface area contributed by atoms with Crippen molar-refractivity contribution in [2.24, 2.45) is 5.92 Å². The number of hydrogen-bond acceptors (Lipinski definition) is 2. The second-order valence-corrected chi connectivity index (χ2v) is 3.94. The van der Waals surface area contributed by atoms with Gasteiger partial charge in [0.25, 0.3) is 0 Å². The van der Waals surface area contributed by atoms with Gasteiger partial charge in [0.2, 0.25) is 0 Å². The summed E-state index contributed by atoms with van der Waals surface area (Å²) in [4.78, 5) is 2.05. The van der Waals surface area contributed by atoms with Crippen molar-refractivity contribution in [1.82, 2.24) is 4.90 Å². The number of nitriles is 1. The third-order valence-electron chi connectivity index (χ3n) is 2.78. The van der Waals surface area contributed by atoms with Gasteiger partial charge in [0, 0.05) is 0 Å². The molecule has 0 aromatic carbocycles. The minimum absolute atomic E-state index is 0.144. The monoisotopic (exact) mass is 166 g/mol. The number of rotatable bonds is 2. The van der Waals surface area contributed by atoms with Gasteiger partial charge in [-0.2, -0.15) is 5.26 Å². The molecule has 0 aromatic heterocycles. The molecule has 1 unspecified atom stereocenters. The van der Waals surface area contributed by atoms with Crippen molar-refractivity contribution in [2.75, 3.05) is 14.1 Å². The molecular formula is C10H18N2. The maximum Gasteiger partial charge on any atom is 0.100 e. The Morgan fingerprint density at radius 2 is 1.83 bits per heavy atom. The number of nitrogens with zero attached hydrogens (tertiary/aromatic N) is 2. The Labute approximate surface area is 75.2 Å². The zero-order chi connectivity index (χ0) is 8.97. The van der Waals surface area contributed by atoms with Gasteiger partial charge in [-0.1, -0.05) is 19.3 Å². The van der Waals surface area contributed by atoms with Crippen LogP contribution in [0.4, 0.5) is 0 Å². The van der Waals surface area contributed by atoms with E-state index in [0.717, 1.165) is 0 Å². The topological polar surface area (TPSA) is 27.0 Å². The van der Waals surface area contributed by atoms with Crippen molar-refractivity contribution in [1.29, 1.82) is 5.26 Å². The van der Waals surface area contributed by atoms with E-state index in [4.69, 9.17) is 5.26 Å². The molecule has 1 atom stereocenters. The van der Waals surface area contributed by atoms with Gasteiger partial charge in [-0.15, -0.1) is 0 Å². The Balaban J connectivity index is 2.47. The first-order valence-corrected chi connectivity index (χ1v) is 4.81. The highest BCUT2D eigenvalue weighted by atomic mass is 15.1. The van der Waals surface area contributed by atoms with Gasteiger partial charge < -0.3 is 0 Å². The Bertz CT molecular complexity index is 163. The first-order valence-electron chi connectivity index (χ1n) is 4.81. The molecule has 1 rings (SSSR count). The van der Waals surface area contributed by atoms with E-state index in [0.29, 0.717) is 5.92 Å². The summed E-state index contributed by atoms with van der Waals surface area (Å²) < 4.78 is 0. The first kappa shape index (κ1) is 9.54. The van der Waals surface area contributed by atoms with E-state index in [-0.39, 0.29) is 6.04 Å². The van der Waals surface area contributed by atoms with Crippen molar-refractivity contribution in [3.05, 3.63) is 0 Å². The summed E-state index contributed by atoms with van der Waals surface area (Å²) in [5.74, 6) is 0.624. The minimum Gasteiger partial charge on any atom is -0.294 e. The molecule has 0 amide bonds. The molecule has 0 bridgehead atoms. The summed E-state index contributed by atoms with van der Waals surface area (Å²) in [6.07, 6.45) is 6.49. The third-order valence-corrected chi connectivity index (χ3v) is 2.78. The molecule has 1 aliphatic rings. The lowest BCUT2D eigenvalue weighted by molar-refractivity contribution is 0.213. The highest BCUT2D eigenvalue weighted by Crippen LogP contribution is 2.27. The Hall–Kier alpha value is -0.550. The summed E-state index contributed by atoms with van der Waals surface area (Å²) >= 11 is 0. The van der Waals surface area contributed by atoms with Gasteiger partial charge in [-0.25, -0.2) is 0 Å². The van der Waals surface area contributed by atoms with Crippen LogP contribution in [0.2, 0.25) is 0 Å². The lowest BCUT2D eigenvalue weighted by atomic mass is 9.84. The van der Waals surface area contributed by atoms with E-state index < -0.39 is 0 Å². The van der Waals surface area contributed by atoms with Crippen LogP contribution < -0.4 is 0 Å². The maximum atomic E-state index is 8.96. The van der Waals surface area contributed by atoms with E-state index in [9.17, 15) is 0 Å². The fraction of sp³-hybridized carbons (Fsp3) is 0.900. The fourth-order valence-corrected chi connectivity index (χ4v) is 2.09. The van der Waals surface area contributed by atoms with Crippen molar-refractivity contribution in [2.45, 2.75) is 38.1 Å². The number of hydrogen-bond donors (Lipinski definition) is 0. The zero-order valence-electron chi connectivity index (χ0n) is 8.08. The second-order valence-electron chi connectivity index (χ2n) is 3.94. The molecule has 1 aliphatic carbocycles. The molecule has 0 spiro atoms. The van der Waals surface area contributed by atoms with E-state index in [1.807, 2.05) is 14.1 Å². The van der Waals surface area contributed by atoms with Crippen LogP contribution in [0, 0.1) is 17.2 Å². The van der Waals surface area contributed by atoms with Crippen LogP contribution in [-0.4, -0.2) is 25.0 Å². The molecule has 12 heavy (non-hydrogen) atoms. The molecule has 1 saturated carbocycles. The third kappa shape index (κ3) is 2.22. The molecule has 0 aliphatic heterocycles. The molecular weight excluding hydrogens is 148 g/mol. The van der Waals surface area contributed by atoms with Crippen LogP contribution in [0.25, 0.3) is 0 Å². The molecule has 0 heterocycles. The quantitative estimate of drug-likeness (QED) is 0.627. The largest absolute Gasteiger partial charge is 0.294 e. The summed E-state index contributed by atoms with van der Waals surface area (Å²) in [5.41, 5.74) is 0. The summed E-state index contributed by atoms with van der Waals surface area (Å²) in [5, 5.41) is 8.96. The van der Waals surface area contributed by atoms with Crippen LogP contribution in [0.3, 0.4) is 0 Å². The van der Waals surface area contributed by atoms with Gasteiger partial charge in [-0.05, 0) is 32.9 Å². The summed E-state index contributed by atoms with van der Waals surface area (Å²) in [7, 11) is 4.00. The van der Waals surface area contributed by atoms with Gasteiger partial charge in [0.15, 0.2) is 0 Å². The predicted molar refractivity (Wildman–Crippen MR) is 49.7 cm³/mol. The van der Waals surface area contributed by atoms with Crippen molar-refractivity contribution >= 4 is 0 Å². The molecule has 0 saturated heterocycles. The predicted octanol–water partition coefficient (Wildman–Crippen LogP) is 2.02. The normalized spacial score (nSPS) is 22.2. The van der Waals surface area contributed by atoms with Crippen LogP contribution >= 0.6 is 0 Å². The van der Waals surface area contributed by atoms with E-state index >= 15 is 0 Å². The highest BCUT2D eigenvalue weighted by molar-refractivity contribution is 4.95. The van der Waals surface area contributed by atoms with Gasteiger partial charge in [-0.3, -0.25) is 4.90 Å². The lowest BCUT2D eigenvalue weighted by Gasteiger charge is -2.29. The Morgan fingerprint density at radius 3 is 2.25 bits per heavy atom. The van der Waals surface area contributed by atoms with E-state index in [2.05, 4.69) is 11.0 Å². The van der Waals surface area contributed by atoms with Gasteiger partial charge >= 0.3 is 0 Å². The van der Waals surface area contributed by atoms with Crippen LogP contribution in [0.5, 0.6) is 0 Å². The van der Waals surface area contributed by atoms with Crippen molar-refractivity contribution in [3.8, 4) is 6.07 Å². The molecule has 68 valence electrons. The van der Waals surface area contributed by atoms with Crippen molar-refractivity contribution < 1.29 is 0 Å². The van der Waals surface area contributed by atoms with Gasteiger partial charge in [0.05, 0.1) is 6.07 Å². The van der Waals surface area contributed by atoms with E-state index in [1.54, 1.807) is 0 Å². The Morgan fingerprint density at radius 1 is 1.25 bits per heavy atom. The standard InChI is InChI=1S/C10H18N2/c1-12(2)10(8-11)9-6-4-3-5-7-9/h9-10H,3-7H2,1-2H3. The lowest BCUT2D eigenvalue weighted by Crippen LogP contribution is -2.34. The fourth-order valence-electron chi connectivity index (χ4n) is 2.09. The average molecular weight is 166 g/mol.